The van der Waals surface area contributed by atoms with Crippen LogP contribution in [-0.2, 0) is 19.9 Å². The van der Waals surface area contributed by atoms with Crippen molar-refractivity contribution in [3.63, 3.8) is 0 Å². The van der Waals surface area contributed by atoms with Gasteiger partial charge in [-0.2, -0.15) is 0 Å². The van der Waals surface area contributed by atoms with Gasteiger partial charge in [-0.3, -0.25) is 0 Å². The van der Waals surface area contributed by atoms with Crippen LogP contribution in [0.4, 0.5) is 0 Å². The lowest BCUT2D eigenvalue weighted by atomic mass is 10.1. The highest BCUT2D eigenvalue weighted by Gasteiger charge is 2.19. The summed E-state index contributed by atoms with van der Waals surface area (Å²) in [5, 5.41) is 7.57. The summed E-state index contributed by atoms with van der Waals surface area (Å²) in [5.41, 5.74) is 1.12. The average molecular weight is 265 g/mol. The Bertz CT molecular complexity index is 490. The van der Waals surface area contributed by atoms with E-state index in [9.17, 15) is 0 Å². The van der Waals surface area contributed by atoms with Gasteiger partial charge in [-0.1, -0.05) is 17.8 Å². The predicted octanol–water partition coefficient (Wildman–Crippen LogP) is 1.73. The molecule has 0 amide bonds. The topological polar surface area (TPSA) is 55.6 Å². The molecule has 2 aromatic rings. The van der Waals surface area contributed by atoms with E-state index in [1.807, 2.05) is 26.5 Å². The molecule has 98 valence electrons. The van der Waals surface area contributed by atoms with Crippen LogP contribution in [0.25, 0.3) is 0 Å². The van der Waals surface area contributed by atoms with Crippen LogP contribution in [0.5, 0.6) is 0 Å². The van der Waals surface area contributed by atoms with E-state index in [0.717, 1.165) is 30.8 Å². The number of nitrogens with zero attached hydrogens (tertiary/aromatic N) is 4. The zero-order valence-electron chi connectivity index (χ0n) is 11.1. The maximum absolute atomic E-state index is 4.38. The van der Waals surface area contributed by atoms with E-state index < -0.39 is 0 Å². The minimum absolute atomic E-state index is 0.243. The molecule has 0 aromatic carbocycles. The van der Waals surface area contributed by atoms with Crippen LogP contribution >= 0.6 is 11.5 Å². The fourth-order valence-corrected chi connectivity index (χ4v) is 2.80. The summed E-state index contributed by atoms with van der Waals surface area (Å²) < 4.78 is 6.14. The second-order valence-corrected chi connectivity index (χ2v) is 5.12. The Morgan fingerprint density at radius 1 is 1.50 bits per heavy atom. The van der Waals surface area contributed by atoms with Gasteiger partial charge in [0.05, 0.1) is 16.6 Å². The zero-order valence-corrected chi connectivity index (χ0v) is 11.9. The van der Waals surface area contributed by atoms with Crippen molar-refractivity contribution in [2.75, 3.05) is 7.05 Å². The number of hydrogen-bond donors (Lipinski definition) is 1. The quantitative estimate of drug-likeness (QED) is 0.864. The summed E-state index contributed by atoms with van der Waals surface area (Å²) in [7, 11) is 4.00. The molecule has 1 N–H and O–H groups in total. The van der Waals surface area contributed by atoms with Crippen LogP contribution in [-0.4, -0.2) is 26.2 Å². The first kappa shape index (κ1) is 13.2. The molecule has 0 saturated carbocycles. The molecule has 0 spiro atoms. The molecule has 0 radical (unpaired) electrons. The monoisotopic (exact) mass is 265 g/mol. The largest absolute Gasteiger partial charge is 0.338 e. The highest BCUT2D eigenvalue weighted by molar-refractivity contribution is 7.05. The summed E-state index contributed by atoms with van der Waals surface area (Å²) in [6.07, 6.45) is 6.75. The molecular weight excluding hydrogens is 246 g/mol. The molecule has 2 rings (SSSR count). The predicted molar refractivity (Wildman–Crippen MR) is 72.6 cm³/mol. The van der Waals surface area contributed by atoms with Crippen molar-refractivity contribution in [1.29, 1.82) is 0 Å². The molecule has 0 aliphatic carbocycles. The molecule has 18 heavy (non-hydrogen) atoms. The molecule has 0 saturated heterocycles. The second kappa shape index (κ2) is 6.06. The Kier molecular flexibility index (Phi) is 4.43. The molecule has 2 heterocycles. The number of imidazole rings is 1. The zero-order chi connectivity index (χ0) is 13.0. The highest BCUT2D eigenvalue weighted by atomic mass is 32.1. The fraction of sp³-hybridized carbons (Fsp3) is 0.583. The molecule has 0 fully saturated rings. The molecule has 0 aliphatic heterocycles. The number of hydrogen-bond acceptors (Lipinski definition) is 5. The number of aromatic nitrogens is 4. The van der Waals surface area contributed by atoms with Gasteiger partial charge in [0.25, 0.3) is 0 Å². The van der Waals surface area contributed by atoms with Crippen LogP contribution in [0.3, 0.4) is 0 Å². The Morgan fingerprint density at radius 3 is 2.94 bits per heavy atom. The van der Waals surface area contributed by atoms with Crippen molar-refractivity contribution in [2.24, 2.45) is 7.05 Å². The first-order chi connectivity index (χ1) is 8.76. The van der Waals surface area contributed by atoms with E-state index in [1.54, 1.807) is 0 Å². The summed E-state index contributed by atoms with van der Waals surface area (Å²) in [4.78, 5) is 5.61. The van der Waals surface area contributed by atoms with E-state index in [0.29, 0.717) is 0 Å². The van der Waals surface area contributed by atoms with Gasteiger partial charge in [-0.25, -0.2) is 4.98 Å². The van der Waals surface area contributed by atoms with Gasteiger partial charge in [-0.15, -0.1) is 5.10 Å². The van der Waals surface area contributed by atoms with Gasteiger partial charge in [0.15, 0.2) is 0 Å². The van der Waals surface area contributed by atoms with E-state index in [1.165, 1.54) is 16.4 Å². The Hall–Kier alpha value is -1.27. The van der Waals surface area contributed by atoms with E-state index in [-0.39, 0.29) is 6.04 Å². The number of aryl methyl sites for hydroxylation is 2. The van der Waals surface area contributed by atoms with Crippen LogP contribution < -0.4 is 5.32 Å². The van der Waals surface area contributed by atoms with Crippen molar-refractivity contribution in [3.05, 3.63) is 28.8 Å². The lowest BCUT2D eigenvalue weighted by molar-refractivity contribution is 0.565. The van der Waals surface area contributed by atoms with Crippen molar-refractivity contribution in [2.45, 2.75) is 32.2 Å². The Morgan fingerprint density at radius 2 is 2.33 bits per heavy atom. The SMILES string of the molecule is CCCc1nnsc1C(Cc1nccn1C)NC. The lowest BCUT2D eigenvalue weighted by Crippen LogP contribution is -2.20. The van der Waals surface area contributed by atoms with Crippen molar-refractivity contribution in [1.82, 2.24) is 24.5 Å². The van der Waals surface area contributed by atoms with Gasteiger partial charge in [0.2, 0.25) is 0 Å². The van der Waals surface area contributed by atoms with Crippen LogP contribution in [0, 0.1) is 0 Å². The van der Waals surface area contributed by atoms with Crippen LogP contribution in [0.15, 0.2) is 12.4 Å². The van der Waals surface area contributed by atoms with Gasteiger partial charge in [0, 0.05) is 25.9 Å². The van der Waals surface area contributed by atoms with E-state index >= 15 is 0 Å². The standard InChI is InChI=1S/C12H19N5S/c1-4-5-9-12(18-16-15-9)10(13-2)8-11-14-6-7-17(11)3/h6-7,10,13H,4-5,8H2,1-3H3. The molecule has 0 bridgehead atoms. The van der Waals surface area contributed by atoms with E-state index in [4.69, 9.17) is 0 Å². The molecule has 1 atom stereocenters. The van der Waals surface area contributed by atoms with E-state index in [2.05, 4.69) is 31.4 Å². The van der Waals surface area contributed by atoms with Gasteiger partial charge < -0.3 is 9.88 Å². The first-order valence-corrected chi connectivity index (χ1v) is 6.98. The van der Waals surface area contributed by atoms with Crippen molar-refractivity contribution in [3.8, 4) is 0 Å². The van der Waals surface area contributed by atoms with Crippen LogP contribution in [0.1, 0.15) is 35.8 Å². The molecule has 1 unspecified atom stereocenters. The normalized spacial score (nSPS) is 12.8. The third kappa shape index (κ3) is 2.76. The lowest BCUT2D eigenvalue weighted by Gasteiger charge is -2.15. The van der Waals surface area contributed by atoms with Gasteiger partial charge in [0.1, 0.15) is 5.82 Å². The first-order valence-electron chi connectivity index (χ1n) is 6.20. The minimum Gasteiger partial charge on any atom is -0.338 e. The summed E-state index contributed by atoms with van der Waals surface area (Å²) >= 11 is 1.49. The maximum Gasteiger partial charge on any atom is 0.110 e. The van der Waals surface area contributed by atoms with Gasteiger partial charge in [-0.05, 0) is 25.0 Å². The Labute approximate surface area is 111 Å². The van der Waals surface area contributed by atoms with Gasteiger partial charge >= 0.3 is 0 Å². The molecule has 2 aromatic heterocycles. The average Bonchev–Trinajstić information content (AvgIpc) is 2.97. The molecular formula is C12H19N5S. The molecule has 0 aliphatic rings. The summed E-state index contributed by atoms with van der Waals surface area (Å²) in [6.45, 7) is 2.16. The van der Waals surface area contributed by atoms with Crippen molar-refractivity contribution >= 4 is 11.5 Å². The molecule has 5 nitrogen and oxygen atoms in total. The third-order valence-electron chi connectivity index (χ3n) is 3.04. The minimum atomic E-state index is 0.243. The Balaban J connectivity index is 2.17. The second-order valence-electron chi connectivity index (χ2n) is 4.33. The number of likely N-dealkylation sites (N-methyl/N-ethyl adjacent to an activating group) is 1. The maximum atomic E-state index is 4.38. The smallest absolute Gasteiger partial charge is 0.110 e. The van der Waals surface area contributed by atoms with Crippen molar-refractivity contribution < 1.29 is 0 Å². The number of nitrogens with one attached hydrogen (secondary N) is 1. The summed E-state index contributed by atoms with van der Waals surface area (Å²) in [6, 6.07) is 0.243. The summed E-state index contributed by atoms with van der Waals surface area (Å²) in [5.74, 6) is 1.07. The third-order valence-corrected chi connectivity index (χ3v) is 3.92. The molecule has 6 heteroatoms. The van der Waals surface area contributed by atoms with Crippen LogP contribution in [0.2, 0.25) is 0 Å². The highest BCUT2D eigenvalue weighted by Crippen LogP contribution is 2.24. The number of rotatable bonds is 6. The fourth-order valence-electron chi connectivity index (χ4n) is 1.99.